The van der Waals surface area contributed by atoms with Gasteiger partial charge in [-0.1, -0.05) is 11.6 Å². The minimum atomic E-state index is 0.715. The molecule has 0 atom stereocenters. The van der Waals surface area contributed by atoms with Crippen LogP contribution in [-0.2, 0) is 6.54 Å². The normalized spacial score (nSPS) is 15.1. The van der Waals surface area contributed by atoms with E-state index in [9.17, 15) is 0 Å². The highest BCUT2D eigenvalue weighted by Crippen LogP contribution is 2.31. The van der Waals surface area contributed by atoms with Crippen LogP contribution in [0.3, 0.4) is 0 Å². The maximum Gasteiger partial charge on any atom is 0.203 e. The van der Waals surface area contributed by atoms with Gasteiger partial charge in [-0.05, 0) is 80.4 Å². The number of nitrogens with zero attached hydrogens (tertiary/aromatic N) is 6. The molecule has 130 valence electrons. The highest BCUT2D eigenvalue weighted by molar-refractivity contribution is 8.00. The minimum absolute atomic E-state index is 0.715. The Kier molecular flexibility index (Phi) is 5.03. The van der Waals surface area contributed by atoms with Crippen LogP contribution in [0.2, 0.25) is 5.02 Å². The summed E-state index contributed by atoms with van der Waals surface area (Å²) in [6.45, 7) is 4.92. The molecule has 25 heavy (non-hydrogen) atoms. The van der Waals surface area contributed by atoms with Crippen molar-refractivity contribution in [3.63, 3.8) is 0 Å². The Morgan fingerprint density at radius 1 is 1.16 bits per heavy atom. The second kappa shape index (κ2) is 7.41. The third kappa shape index (κ3) is 3.87. The molecule has 0 radical (unpaired) electrons. The van der Waals surface area contributed by atoms with E-state index in [4.69, 9.17) is 11.6 Å². The lowest BCUT2D eigenvalue weighted by molar-refractivity contribution is 0.319. The Morgan fingerprint density at radius 2 is 1.92 bits per heavy atom. The van der Waals surface area contributed by atoms with Crippen LogP contribution in [-0.4, -0.2) is 42.1 Å². The molecule has 0 aliphatic carbocycles. The van der Waals surface area contributed by atoms with Gasteiger partial charge in [0, 0.05) is 10.7 Å². The molecule has 0 saturated carbocycles. The minimum Gasteiger partial charge on any atom is -0.296 e. The Morgan fingerprint density at radius 3 is 2.60 bits per heavy atom. The van der Waals surface area contributed by atoms with Crippen molar-refractivity contribution in [2.45, 2.75) is 35.8 Å². The highest BCUT2D eigenvalue weighted by atomic mass is 35.5. The van der Waals surface area contributed by atoms with Gasteiger partial charge >= 0.3 is 0 Å². The summed E-state index contributed by atoms with van der Waals surface area (Å²) in [4.78, 5) is 6.84. The van der Waals surface area contributed by atoms with Gasteiger partial charge in [-0.25, -0.2) is 4.98 Å². The maximum atomic E-state index is 6.05. The van der Waals surface area contributed by atoms with Crippen molar-refractivity contribution in [3.8, 4) is 5.69 Å². The zero-order chi connectivity index (χ0) is 17.2. The van der Waals surface area contributed by atoms with E-state index in [2.05, 4.69) is 29.0 Å². The first-order valence-corrected chi connectivity index (χ1v) is 10.1. The molecule has 1 aliphatic rings. The molecule has 0 amide bonds. The lowest BCUT2D eigenvalue weighted by Gasteiger charge is -2.15. The first-order valence-electron chi connectivity index (χ1n) is 8.10. The van der Waals surface area contributed by atoms with Crippen molar-refractivity contribution in [3.05, 3.63) is 40.9 Å². The van der Waals surface area contributed by atoms with Crippen molar-refractivity contribution >= 4 is 34.9 Å². The summed E-state index contributed by atoms with van der Waals surface area (Å²) >= 11 is 8.93. The number of halogens is 1. The molecular formula is C16H17ClN6S2. The van der Waals surface area contributed by atoms with Crippen molar-refractivity contribution in [2.75, 3.05) is 13.1 Å². The predicted octanol–water partition coefficient (Wildman–Crippen LogP) is 3.83. The summed E-state index contributed by atoms with van der Waals surface area (Å²) in [5, 5.41) is 10.4. The monoisotopic (exact) mass is 392 g/mol. The molecule has 3 aromatic rings. The van der Waals surface area contributed by atoms with Crippen LogP contribution in [0.5, 0.6) is 0 Å². The van der Waals surface area contributed by atoms with E-state index in [0.717, 1.165) is 46.5 Å². The number of hydrogen-bond acceptors (Lipinski definition) is 7. The number of aromatic nitrogens is 5. The number of aryl methyl sites for hydroxylation is 1. The third-order valence-electron chi connectivity index (χ3n) is 4.04. The molecule has 0 unspecified atom stereocenters. The molecule has 2 aromatic heterocycles. The van der Waals surface area contributed by atoms with E-state index in [0.29, 0.717) is 5.02 Å². The van der Waals surface area contributed by atoms with Gasteiger partial charge in [0.25, 0.3) is 0 Å². The quantitative estimate of drug-likeness (QED) is 0.657. The largest absolute Gasteiger partial charge is 0.296 e. The van der Waals surface area contributed by atoms with Crippen LogP contribution in [0.4, 0.5) is 0 Å². The van der Waals surface area contributed by atoms with E-state index < -0.39 is 0 Å². The molecule has 6 nitrogen and oxygen atoms in total. The molecule has 1 saturated heterocycles. The van der Waals surface area contributed by atoms with Gasteiger partial charge in [0.05, 0.1) is 6.54 Å². The molecular weight excluding hydrogens is 376 g/mol. The van der Waals surface area contributed by atoms with Crippen molar-refractivity contribution in [2.24, 2.45) is 0 Å². The SMILES string of the molecule is Cc1nsc(Sc2nnc(CN3CCCC3)n2-c2ccc(Cl)cc2)n1. The van der Waals surface area contributed by atoms with E-state index in [1.807, 2.05) is 31.2 Å². The predicted molar refractivity (Wildman–Crippen MR) is 99.6 cm³/mol. The molecule has 9 heteroatoms. The van der Waals surface area contributed by atoms with Crippen molar-refractivity contribution in [1.82, 2.24) is 29.0 Å². The maximum absolute atomic E-state index is 6.05. The fourth-order valence-corrected chi connectivity index (χ4v) is 4.61. The average Bonchev–Trinajstić information content (AvgIpc) is 3.33. The van der Waals surface area contributed by atoms with Crippen LogP contribution in [0.25, 0.3) is 5.69 Å². The standard InChI is InChI=1S/C16H17ClN6S2/c1-11-18-16(25-21-11)24-15-20-19-14(10-22-8-2-3-9-22)23(15)13-6-4-12(17)5-7-13/h4-7H,2-3,8-10H2,1H3. The van der Waals surface area contributed by atoms with Crippen LogP contribution in [0.15, 0.2) is 33.8 Å². The summed E-state index contributed by atoms with van der Waals surface area (Å²) in [6.07, 6.45) is 2.50. The van der Waals surface area contributed by atoms with Crippen LogP contribution in [0.1, 0.15) is 24.5 Å². The summed E-state index contributed by atoms with van der Waals surface area (Å²) in [5.41, 5.74) is 1.01. The Hall–Kier alpha value is -1.48. The van der Waals surface area contributed by atoms with E-state index in [1.54, 1.807) is 0 Å². The molecule has 1 fully saturated rings. The first-order chi connectivity index (χ1) is 12.2. The van der Waals surface area contributed by atoms with Gasteiger partial charge in [-0.3, -0.25) is 9.47 Å². The lowest BCUT2D eigenvalue weighted by Crippen LogP contribution is -2.21. The van der Waals surface area contributed by atoms with Crippen LogP contribution < -0.4 is 0 Å². The molecule has 0 bridgehead atoms. The molecule has 4 rings (SSSR count). The van der Waals surface area contributed by atoms with Crippen molar-refractivity contribution < 1.29 is 0 Å². The molecule has 1 aromatic carbocycles. The molecule has 3 heterocycles. The number of rotatable bonds is 5. The average molecular weight is 393 g/mol. The number of hydrogen-bond donors (Lipinski definition) is 0. The Labute approximate surface area is 159 Å². The molecule has 0 spiro atoms. The summed E-state index contributed by atoms with van der Waals surface area (Å²) in [5.74, 6) is 1.72. The molecule has 1 aliphatic heterocycles. The van der Waals surface area contributed by atoms with Crippen LogP contribution >= 0.6 is 34.9 Å². The fourth-order valence-electron chi connectivity index (χ4n) is 2.86. The van der Waals surface area contributed by atoms with Gasteiger partial charge < -0.3 is 0 Å². The second-order valence-corrected chi connectivity index (χ2v) is 8.31. The topological polar surface area (TPSA) is 59.7 Å². The Balaban J connectivity index is 1.69. The highest BCUT2D eigenvalue weighted by Gasteiger charge is 2.20. The van der Waals surface area contributed by atoms with Gasteiger partial charge in [-0.2, -0.15) is 4.37 Å². The van der Waals surface area contributed by atoms with Crippen LogP contribution in [0, 0.1) is 6.92 Å². The van der Waals surface area contributed by atoms with E-state index in [1.165, 1.54) is 36.1 Å². The third-order valence-corrected chi connectivity index (χ3v) is 6.08. The van der Waals surface area contributed by atoms with Gasteiger partial charge in [0.15, 0.2) is 10.2 Å². The zero-order valence-electron chi connectivity index (χ0n) is 13.7. The Bertz CT molecular complexity index is 854. The summed E-state index contributed by atoms with van der Waals surface area (Å²) < 4.78 is 7.21. The fraction of sp³-hybridized carbons (Fsp3) is 0.375. The first kappa shape index (κ1) is 17.0. The van der Waals surface area contributed by atoms with Crippen molar-refractivity contribution in [1.29, 1.82) is 0 Å². The van der Waals surface area contributed by atoms with E-state index >= 15 is 0 Å². The summed E-state index contributed by atoms with van der Waals surface area (Å²) in [7, 11) is 0. The van der Waals surface area contributed by atoms with Gasteiger partial charge in [-0.15, -0.1) is 10.2 Å². The lowest BCUT2D eigenvalue weighted by atomic mass is 10.3. The summed E-state index contributed by atoms with van der Waals surface area (Å²) in [6, 6.07) is 7.77. The van der Waals surface area contributed by atoms with Gasteiger partial charge in [0.1, 0.15) is 5.82 Å². The second-order valence-electron chi connectivity index (χ2n) is 5.90. The zero-order valence-corrected chi connectivity index (χ0v) is 16.1. The molecule has 0 N–H and O–H groups in total. The van der Waals surface area contributed by atoms with E-state index in [-0.39, 0.29) is 0 Å². The number of likely N-dealkylation sites (tertiary alicyclic amines) is 1. The smallest absolute Gasteiger partial charge is 0.203 e. The van der Waals surface area contributed by atoms with Gasteiger partial charge in [0.2, 0.25) is 5.16 Å². The number of benzene rings is 1.